The first kappa shape index (κ1) is 16.5. The van der Waals surface area contributed by atoms with E-state index in [0.717, 1.165) is 11.1 Å². The van der Waals surface area contributed by atoms with Gasteiger partial charge in [-0.3, -0.25) is 14.9 Å². The normalized spacial score (nSPS) is 10.3. The number of anilines is 2. The van der Waals surface area contributed by atoms with Gasteiger partial charge in [0.1, 0.15) is 0 Å². The lowest BCUT2D eigenvalue weighted by Gasteiger charge is -2.17. The van der Waals surface area contributed by atoms with E-state index in [1.54, 1.807) is 25.1 Å². The number of hydrogen-bond acceptors (Lipinski definition) is 4. The van der Waals surface area contributed by atoms with Crippen molar-refractivity contribution in [1.29, 1.82) is 0 Å². The van der Waals surface area contributed by atoms with Crippen LogP contribution in [0.1, 0.15) is 21.5 Å². The molecule has 0 atom stereocenters. The minimum Gasteiger partial charge on any atom is -0.377 e. The number of carbonyl (C=O) groups excluding carboxylic acids is 1. The van der Waals surface area contributed by atoms with Crippen LogP contribution in [0.2, 0.25) is 0 Å². The lowest BCUT2D eigenvalue weighted by Crippen LogP contribution is -2.19. The van der Waals surface area contributed by atoms with Crippen LogP contribution < -0.4 is 10.2 Å². The predicted octanol–water partition coefficient (Wildman–Crippen LogP) is 3.53. The Morgan fingerprint density at radius 1 is 1.13 bits per heavy atom. The molecule has 2 aromatic carbocycles. The van der Waals surface area contributed by atoms with E-state index in [-0.39, 0.29) is 17.2 Å². The molecule has 0 saturated carbocycles. The summed E-state index contributed by atoms with van der Waals surface area (Å²) in [5.41, 5.74) is 3.51. The van der Waals surface area contributed by atoms with Crippen molar-refractivity contribution in [1.82, 2.24) is 0 Å². The Bertz CT molecular complexity index is 770. The van der Waals surface area contributed by atoms with Crippen molar-refractivity contribution in [2.45, 2.75) is 13.8 Å². The highest BCUT2D eigenvalue weighted by molar-refractivity contribution is 6.08. The van der Waals surface area contributed by atoms with Crippen molar-refractivity contribution < 1.29 is 9.72 Å². The van der Waals surface area contributed by atoms with Crippen LogP contribution in [0.25, 0.3) is 0 Å². The van der Waals surface area contributed by atoms with Gasteiger partial charge >= 0.3 is 0 Å². The monoisotopic (exact) mass is 313 g/mol. The summed E-state index contributed by atoms with van der Waals surface area (Å²) in [4.78, 5) is 24.8. The maximum atomic E-state index is 12.6. The number of nitro benzene ring substituents is 1. The zero-order chi connectivity index (χ0) is 17.1. The van der Waals surface area contributed by atoms with E-state index in [0.29, 0.717) is 11.4 Å². The van der Waals surface area contributed by atoms with Gasteiger partial charge in [0, 0.05) is 37.6 Å². The minimum absolute atomic E-state index is 0.110. The van der Waals surface area contributed by atoms with E-state index in [1.165, 1.54) is 12.1 Å². The highest BCUT2D eigenvalue weighted by atomic mass is 16.6. The summed E-state index contributed by atoms with van der Waals surface area (Å²) in [6.45, 7) is 3.88. The van der Waals surface area contributed by atoms with Crippen molar-refractivity contribution >= 4 is 23.0 Å². The molecule has 0 spiro atoms. The summed E-state index contributed by atoms with van der Waals surface area (Å²) >= 11 is 0. The third-order valence-electron chi connectivity index (χ3n) is 3.55. The average molecular weight is 313 g/mol. The number of hydrogen-bond donors (Lipinski definition) is 1. The molecule has 1 N–H and O–H groups in total. The van der Waals surface area contributed by atoms with Gasteiger partial charge in [-0.05, 0) is 31.5 Å². The predicted molar refractivity (Wildman–Crippen MR) is 91.3 cm³/mol. The molecule has 1 amide bonds. The number of non-ortho nitro benzene ring substituents is 1. The lowest BCUT2D eigenvalue weighted by molar-refractivity contribution is -0.384. The van der Waals surface area contributed by atoms with Crippen LogP contribution in [-0.4, -0.2) is 24.9 Å². The van der Waals surface area contributed by atoms with E-state index in [1.807, 2.05) is 32.0 Å². The molecule has 0 saturated heterocycles. The third kappa shape index (κ3) is 3.66. The second-order valence-electron chi connectivity index (χ2n) is 5.63. The Balaban J connectivity index is 2.40. The first-order valence-electron chi connectivity index (χ1n) is 7.14. The van der Waals surface area contributed by atoms with Crippen molar-refractivity contribution in [3.05, 3.63) is 63.2 Å². The number of amides is 1. The number of benzene rings is 2. The molecule has 0 aliphatic rings. The van der Waals surface area contributed by atoms with Crippen molar-refractivity contribution in [2.75, 3.05) is 24.3 Å². The summed E-state index contributed by atoms with van der Waals surface area (Å²) in [5, 5.41) is 13.8. The summed E-state index contributed by atoms with van der Waals surface area (Å²) in [5.74, 6) is -0.371. The molecule has 120 valence electrons. The summed E-state index contributed by atoms with van der Waals surface area (Å²) in [7, 11) is 3.57. The highest BCUT2D eigenvalue weighted by Gasteiger charge is 2.18. The fourth-order valence-electron chi connectivity index (χ4n) is 2.35. The molecule has 0 fully saturated rings. The quantitative estimate of drug-likeness (QED) is 0.692. The van der Waals surface area contributed by atoms with Gasteiger partial charge in [-0.15, -0.1) is 0 Å². The van der Waals surface area contributed by atoms with Crippen LogP contribution in [0.3, 0.4) is 0 Å². The van der Waals surface area contributed by atoms with Crippen LogP contribution in [0.4, 0.5) is 17.1 Å². The summed E-state index contributed by atoms with van der Waals surface area (Å²) < 4.78 is 0. The molecule has 2 rings (SSSR count). The van der Waals surface area contributed by atoms with Crippen molar-refractivity contribution in [3.8, 4) is 0 Å². The fraction of sp³-hybridized carbons (Fsp3) is 0.235. The smallest absolute Gasteiger partial charge is 0.270 e. The lowest BCUT2D eigenvalue weighted by atomic mass is 10.1. The molecular formula is C17H19N3O3. The zero-order valence-corrected chi connectivity index (χ0v) is 13.6. The summed E-state index contributed by atoms with van der Waals surface area (Å²) in [6, 6.07) is 9.97. The number of nitrogens with zero attached hydrogens (tertiary/aromatic N) is 2. The topological polar surface area (TPSA) is 75.5 Å². The van der Waals surface area contributed by atoms with Crippen LogP contribution in [0.15, 0.2) is 36.4 Å². The largest absolute Gasteiger partial charge is 0.377 e. The minimum atomic E-state index is -0.507. The van der Waals surface area contributed by atoms with Gasteiger partial charge in [0.25, 0.3) is 11.6 Å². The standard InChI is InChI=1S/C17H19N3O3/c1-11-5-7-15(12(2)9-11)18-17(21)14-10-13(20(22)23)6-8-16(14)19(3)4/h5-10H,1-4H3,(H,18,21). The fourth-order valence-corrected chi connectivity index (χ4v) is 2.35. The molecular weight excluding hydrogens is 294 g/mol. The average Bonchev–Trinajstić information content (AvgIpc) is 2.49. The SMILES string of the molecule is Cc1ccc(NC(=O)c2cc([N+](=O)[O-])ccc2N(C)C)c(C)c1. The maximum absolute atomic E-state index is 12.6. The molecule has 23 heavy (non-hydrogen) atoms. The van der Waals surface area contributed by atoms with Crippen LogP contribution >= 0.6 is 0 Å². The second-order valence-corrected chi connectivity index (χ2v) is 5.63. The van der Waals surface area contributed by atoms with Crippen LogP contribution in [-0.2, 0) is 0 Å². The Kier molecular flexibility index (Phi) is 4.64. The van der Waals surface area contributed by atoms with Crippen LogP contribution in [0.5, 0.6) is 0 Å². The molecule has 0 bridgehead atoms. The number of rotatable bonds is 4. The van der Waals surface area contributed by atoms with E-state index in [9.17, 15) is 14.9 Å². The van der Waals surface area contributed by atoms with Gasteiger partial charge in [-0.25, -0.2) is 0 Å². The molecule has 6 nitrogen and oxygen atoms in total. The number of aryl methyl sites for hydroxylation is 2. The first-order chi connectivity index (χ1) is 10.8. The molecule has 0 aromatic heterocycles. The van der Waals surface area contributed by atoms with Gasteiger partial charge in [0.15, 0.2) is 0 Å². The number of carbonyl (C=O) groups is 1. The van der Waals surface area contributed by atoms with Gasteiger partial charge in [-0.2, -0.15) is 0 Å². The molecule has 0 aliphatic carbocycles. The molecule has 6 heteroatoms. The Labute approximate surface area is 134 Å². The molecule has 0 radical (unpaired) electrons. The number of nitro groups is 1. The molecule has 0 heterocycles. The molecule has 0 aliphatic heterocycles. The van der Waals surface area contributed by atoms with Crippen molar-refractivity contribution in [3.63, 3.8) is 0 Å². The van der Waals surface area contributed by atoms with Gasteiger partial charge in [0.2, 0.25) is 0 Å². The Hall–Kier alpha value is -2.89. The van der Waals surface area contributed by atoms with E-state index in [2.05, 4.69) is 5.32 Å². The molecule has 2 aromatic rings. The van der Waals surface area contributed by atoms with Crippen LogP contribution in [0, 0.1) is 24.0 Å². The van der Waals surface area contributed by atoms with E-state index < -0.39 is 4.92 Å². The van der Waals surface area contributed by atoms with Crippen molar-refractivity contribution in [2.24, 2.45) is 0 Å². The summed E-state index contributed by atoms with van der Waals surface area (Å²) in [6.07, 6.45) is 0. The van der Waals surface area contributed by atoms with Gasteiger partial charge in [-0.1, -0.05) is 17.7 Å². The highest BCUT2D eigenvalue weighted by Crippen LogP contribution is 2.26. The number of nitrogens with one attached hydrogen (secondary N) is 1. The van der Waals surface area contributed by atoms with E-state index in [4.69, 9.17) is 0 Å². The third-order valence-corrected chi connectivity index (χ3v) is 3.55. The second kappa shape index (κ2) is 6.48. The Morgan fingerprint density at radius 3 is 2.39 bits per heavy atom. The van der Waals surface area contributed by atoms with Gasteiger partial charge in [0.05, 0.1) is 10.5 Å². The first-order valence-corrected chi connectivity index (χ1v) is 7.14. The zero-order valence-electron chi connectivity index (χ0n) is 13.6. The molecule has 0 unspecified atom stereocenters. The van der Waals surface area contributed by atoms with Gasteiger partial charge < -0.3 is 10.2 Å². The van der Waals surface area contributed by atoms with E-state index >= 15 is 0 Å². The Morgan fingerprint density at radius 2 is 1.83 bits per heavy atom. The maximum Gasteiger partial charge on any atom is 0.270 e.